The highest BCUT2D eigenvalue weighted by molar-refractivity contribution is 5.85. The maximum absolute atomic E-state index is 12.5. The highest BCUT2D eigenvalue weighted by Gasteiger charge is 2.22. The number of nitrogens with two attached hydrogens (primary N) is 1. The molecule has 1 aromatic rings. The lowest BCUT2D eigenvalue weighted by atomic mass is 10.2. The van der Waals surface area contributed by atoms with Gasteiger partial charge in [-0.2, -0.15) is 0 Å². The van der Waals surface area contributed by atoms with Gasteiger partial charge in [-0.05, 0) is 33.3 Å². The fourth-order valence-electron chi connectivity index (χ4n) is 2.68. The zero-order chi connectivity index (χ0) is 15.8. The monoisotopic (exact) mass is 327 g/mol. The first-order chi connectivity index (χ1) is 9.95. The third kappa shape index (κ3) is 6.77. The molecule has 5 heteroatoms. The molecule has 0 aromatic heterocycles. The molecule has 0 aliphatic rings. The van der Waals surface area contributed by atoms with Gasteiger partial charge in [0.2, 0.25) is 5.91 Å². The predicted molar refractivity (Wildman–Crippen MR) is 95.1 cm³/mol. The van der Waals surface area contributed by atoms with E-state index >= 15 is 0 Å². The van der Waals surface area contributed by atoms with E-state index in [1.54, 1.807) is 0 Å². The van der Waals surface area contributed by atoms with Crippen LogP contribution in [0.1, 0.15) is 33.3 Å². The van der Waals surface area contributed by atoms with Crippen LogP contribution in [0, 0.1) is 0 Å². The number of amides is 1. The van der Waals surface area contributed by atoms with Gasteiger partial charge in [-0.15, -0.1) is 12.4 Å². The van der Waals surface area contributed by atoms with Gasteiger partial charge in [0.1, 0.15) is 0 Å². The van der Waals surface area contributed by atoms with Gasteiger partial charge in [-0.3, -0.25) is 9.69 Å². The molecule has 22 heavy (non-hydrogen) atoms. The summed E-state index contributed by atoms with van der Waals surface area (Å²) in [7, 11) is 0. The second-order valence-electron chi connectivity index (χ2n) is 5.97. The van der Waals surface area contributed by atoms with Crippen molar-refractivity contribution in [1.82, 2.24) is 9.80 Å². The predicted octanol–water partition coefficient (Wildman–Crippen LogP) is 2.51. The number of hydrogen-bond donors (Lipinski definition) is 1. The average molecular weight is 328 g/mol. The zero-order valence-corrected chi connectivity index (χ0v) is 15.0. The summed E-state index contributed by atoms with van der Waals surface area (Å²) in [6.07, 6.45) is 0. The normalized spacial score (nSPS) is 10.9. The molecule has 0 spiro atoms. The van der Waals surface area contributed by atoms with E-state index < -0.39 is 0 Å². The van der Waals surface area contributed by atoms with Crippen LogP contribution >= 0.6 is 12.4 Å². The Hall–Kier alpha value is -1.10. The van der Waals surface area contributed by atoms with Gasteiger partial charge in [0.05, 0.1) is 6.54 Å². The zero-order valence-electron chi connectivity index (χ0n) is 14.2. The molecule has 0 saturated heterocycles. The molecule has 1 aromatic carbocycles. The third-order valence-corrected chi connectivity index (χ3v) is 3.45. The molecule has 0 fully saturated rings. The summed E-state index contributed by atoms with van der Waals surface area (Å²) >= 11 is 0. The molecule has 4 nitrogen and oxygen atoms in total. The number of benzene rings is 1. The highest BCUT2D eigenvalue weighted by Crippen LogP contribution is 2.09. The van der Waals surface area contributed by atoms with Crippen LogP contribution in [0.15, 0.2) is 30.3 Å². The molecular weight excluding hydrogens is 298 g/mol. The minimum atomic E-state index is 0. The first-order valence-corrected chi connectivity index (χ1v) is 7.73. The fourth-order valence-corrected chi connectivity index (χ4v) is 2.68. The van der Waals surface area contributed by atoms with E-state index in [0.29, 0.717) is 13.1 Å². The van der Waals surface area contributed by atoms with Crippen molar-refractivity contribution in [2.24, 2.45) is 5.73 Å². The molecule has 0 aliphatic carbocycles. The van der Waals surface area contributed by atoms with Gasteiger partial charge in [0.15, 0.2) is 0 Å². The molecule has 0 atom stereocenters. The number of hydrogen-bond acceptors (Lipinski definition) is 3. The molecule has 0 bridgehead atoms. The Morgan fingerprint density at radius 2 is 1.64 bits per heavy atom. The summed E-state index contributed by atoms with van der Waals surface area (Å²) in [4.78, 5) is 16.6. The fraction of sp³-hybridized carbons (Fsp3) is 0.588. The molecule has 1 rings (SSSR count). The molecule has 126 valence electrons. The maximum atomic E-state index is 12.5. The van der Waals surface area contributed by atoms with Crippen molar-refractivity contribution in [3.05, 3.63) is 35.9 Å². The Morgan fingerprint density at radius 3 is 2.09 bits per heavy atom. The topological polar surface area (TPSA) is 49.6 Å². The van der Waals surface area contributed by atoms with E-state index in [9.17, 15) is 4.79 Å². The third-order valence-electron chi connectivity index (χ3n) is 3.45. The summed E-state index contributed by atoms with van der Waals surface area (Å²) in [5.74, 6) is 0.171. The first-order valence-electron chi connectivity index (χ1n) is 7.73. The van der Waals surface area contributed by atoms with Gasteiger partial charge in [-0.25, -0.2) is 0 Å². The quantitative estimate of drug-likeness (QED) is 0.798. The van der Waals surface area contributed by atoms with Crippen LogP contribution in [0.3, 0.4) is 0 Å². The average Bonchev–Trinajstić information content (AvgIpc) is 2.39. The van der Waals surface area contributed by atoms with Crippen molar-refractivity contribution >= 4 is 18.3 Å². The Kier molecular flexibility index (Phi) is 10.1. The smallest absolute Gasteiger partial charge is 0.237 e. The van der Waals surface area contributed by atoms with E-state index in [1.807, 2.05) is 23.1 Å². The standard InChI is InChI=1S/C17H29N3O.ClH/c1-14(2)20(15(3)4)17(21)13-19(11-10-18)12-16-8-6-5-7-9-16;/h5-9,14-15H,10-13,18H2,1-4H3;1H. The second-order valence-corrected chi connectivity index (χ2v) is 5.97. The van der Waals surface area contributed by atoms with Crippen LogP contribution in [0.25, 0.3) is 0 Å². The van der Waals surface area contributed by atoms with Crippen molar-refractivity contribution in [3.63, 3.8) is 0 Å². The lowest BCUT2D eigenvalue weighted by Crippen LogP contribution is -2.47. The highest BCUT2D eigenvalue weighted by atomic mass is 35.5. The Morgan fingerprint density at radius 1 is 1.09 bits per heavy atom. The van der Waals surface area contributed by atoms with Crippen molar-refractivity contribution in [3.8, 4) is 0 Å². The van der Waals surface area contributed by atoms with E-state index in [0.717, 1.165) is 13.1 Å². The number of rotatable bonds is 8. The largest absolute Gasteiger partial charge is 0.337 e. The Balaban J connectivity index is 0.00000441. The first kappa shape index (κ1) is 20.9. The van der Waals surface area contributed by atoms with E-state index in [1.165, 1.54) is 5.56 Å². The van der Waals surface area contributed by atoms with Crippen LogP contribution in [-0.2, 0) is 11.3 Å². The van der Waals surface area contributed by atoms with Crippen LogP contribution in [0.5, 0.6) is 0 Å². The number of carbonyl (C=O) groups excluding carboxylic acids is 1. The second kappa shape index (κ2) is 10.6. The minimum absolute atomic E-state index is 0. The summed E-state index contributed by atoms with van der Waals surface area (Å²) in [6.45, 7) is 10.7. The molecule has 1 amide bonds. The van der Waals surface area contributed by atoms with Crippen molar-refractivity contribution in [2.45, 2.75) is 46.3 Å². The Labute approximate surface area is 141 Å². The van der Waals surface area contributed by atoms with Gasteiger partial charge in [0, 0.05) is 31.7 Å². The summed E-state index contributed by atoms with van der Waals surface area (Å²) < 4.78 is 0. The molecular formula is C17H30ClN3O. The van der Waals surface area contributed by atoms with E-state index in [-0.39, 0.29) is 30.4 Å². The van der Waals surface area contributed by atoms with Crippen LogP contribution in [0.4, 0.5) is 0 Å². The van der Waals surface area contributed by atoms with Crippen LogP contribution in [-0.4, -0.2) is 47.4 Å². The van der Waals surface area contributed by atoms with Crippen LogP contribution < -0.4 is 5.73 Å². The van der Waals surface area contributed by atoms with Gasteiger partial charge in [0.25, 0.3) is 0 Å². The summed E-state index contributed by atoms with van der Waals surface area (Å²) in [5.41, 5.74) is 6.90. The molecule has 0 heterocycles. The SMILES string of the molecule is CC(C)N(C(=O)CN(CCN)Cc1ccccc1)C(C)C.Cl. The van der Waals surface area contributed by atoms with Gasteiger partial charge in [-0.1, -0.05) is 30.3 Å². The number of carbonyl (C=O) groups is 1. The van der Waals surface area contributed by atoms with Crippen molar-refractivity contribution in [1.29, 1.82) is 0 Å². The summed E-state index contributed by atoms with van der Waals surface area (Å²) in [5, 5.41) is 0. The minimum Gasteiger partial charge on any atom is -0.337 e. The maximum Gasteiger partial charge on any atom is 0.237 e. The molecule has 2 N–H and O–H groups in total. The molecule has 0 saturated carbocycles. The molecule has 0 aliphatic heterocycles. The van der Waals surface area contributed by atoms with E-state index in [2.05, 4.69) is 44.7 Å². The Bertz CT molecular complexity index is 415. The number of nitrogens with zero attached hydrogens (tertiary/aromatic N) is 2. The van der Waals surface area contributed by atoms with Crippen molar-refractivity contribution in [2.75, 3.05) is 19.6 Å². The molecule has 0 unspecified atom stereocenters. The lowest BCUT2D eigenvalue weighted by Gasteiger charge is -2.33. The number of halogens is 1. The van der Waals surface area contributed by atoms with Crippen molar-refractivity contribution < 1.29 is 4.79 Å². The lowest BCUT2D eigenvalue weighted by molar-refractivity contribution is -0.136. The van der Waals surface area contributed by atoms with E-state index in [4.69, 9.17) is 5.73 Å². The van der Waals surface area contributed by atoms with Gasteiger partial charge < -0.3 is 10.6 Å². The van der Waals surface area contributed by atoms with Gasteiger partial charge >= 0.3 is 0 Å². The molecule has 0 radical (unpaired) electrons. The summed E-state index contributed by atoms with van der Waals surface area (Å²) in [6, 6.07) is 10.6. The van der Waals surface area contributed by atoms with Crippen LogP contribution in [0.2, 0.25) is 0 Å².